The molecule has 1 aromatic heterocycles. The van der Waals surface area contributed by atoms with E-state index >= 15 is 0 Å². The molecule has 2 amide bonds. The molecule has 2 aliphatic heterocycles. The number of sulfonamides is 1. The van der Waals surface area contributed by atoms with E-state index in [-0.39, 0.29) is 15.7 Å². The van der Waals surface area contributed by atoms with E-state index < -0.39 is 15.9 Å². The molecule has 2 fully saturated rings. The summed E-state index contributed by atoms with van der Waals surface area (Å²) < 4.78 is 27.2. The molecule has 2 aliphatic rings. The standard InChI is InChI=1S/C20H23N3O4S2/c1-14-13-15(6-7-16(14)23-11-4-5-18(23)24)21-20(25)19-17(8-12-28-19)29(26,27)22-9-2-3-10-22/h6-8,12-13H,2-5,9-11H2,1H3,(H,21,25). The van der Waals surface area contributed by atoms with Crippen LogP contribution in [0.15, 0.2) is 34.5 Å². The first-order chi connectivity index (χ1) is 13.9. The van der Waals surface area contributed by atoms with Crippen molar-refractivity contribution in [1.29, 1.82) is 0 Å². The Labute approximate surface area is 174 Å². The molecule has 0 saturated carbocycles. The first kappa shape index (κ1) is 20.1. The Kier molecular flexibility index (Phi) is 5.46. The predicted molar refractivity (Wildman–Crippen MR) is 113 cm³/mol. The number of nitrogens with zero attached hydrogens (tertiary/aromatic N) is 2. The van der Waals surface area contributed by atoms with Crippen molar-refractivity contribution in [3.8, 4) is 0 Å². The maximum Gasteiger partial charge on any atom is 0.267 e. The zero-order chi connectivity index (χ0) is 20.6. The molecule has 0 aliphatic carbocycles. The lowest BCUT2D eigenvalue weighted by Gasteiger charge is -2.19. The Morgan fingerprint density at radius 1 is 1.10 bits per heavy atom. The van der Waals surface area contributed by atoms with E-state index in [0.717, 1.165) is 41.9 Å². The van der Waals surface area contributed by atoms with Crippen LogP contribution in [0.3, 0.4) is 0 Å². The first-order valence-corrected chi connectivity index (χ1v) is 12.0. The fourth-order valence-corrected chi connectivity index (χ4v) is 6.67. The Morgan fingerprint density at radius 3 is 2.52 bits per heavy atom. The van der Waals surface area contributed by atoms with Gasteiger partial charge in [0.05, 0.1) is 0 Å². The van der Waals surface area contributed by atoms with Crippen LogP contribution in [0.5, 0.6) is 0 Å². The van der Waals surface area contributed by atoms with Gasteiger partial charge in [-0.25, -0.2) is 8.42 Å². The summed E-state index contributed by atoms with van der Waals surface area (Å²) in [4.78, 5) is 26.8. The molecule has 0 unspecified atom stereocenters. The van der Waals surface area contributed by atoms with Crippen LogP contribution in [0, 0.1) is 6.92 Å². The number of rotatable bonds is 5. The molecule has 2 saturated heterocycles. The number of benzene rings is 1. The molecule has 0 spiro atoms. The van der Waals surface area contributed by atoms with E-state index in [1.54, 1.807) is 22.4 Å². The van der Waals surface area contributed by atoms with Gasteiger partial charge in [-0.2, -0.15) is 4.31 Å². The summed E-state index contributed by atoms with van der Waals surface area (Å²) in [7, 11) is -3.66. The van der Waals surface area contributed by atoms with E-state index in [0.29, 0.717) is 31.7 Å². The minimum Gasteiger partial charge on any atom is -0.321 e. The van der Waals surface area contributed by atoms with Crippen molar-refractivity contribution in [2.45, 2.75) is 37.5 Å². The van der Waals surface area contributed by atoms with Crippen molar-refractivity contribution in [3.63, 3.8) is 0 Å². The van der Waals surface area contributed by atoms with Crippen LogP contribution >= 0.6 is 11.3 Å². The molecule has 3 heterocycles. The number of hydrogen-bond donors (Lipinski definition) is 1. The molecular weight excluding hydrogens is 410 g/mol. The Balaban J connectivity index is 1.54. The second-order valence-electron chi connectivity index (χ2n) is 7.33. The molecule has 2 aromatic rings. The van der Waals surface area contributed by atoms with Crippen molar-refractivity contribution < 1.29 is 18.0 Å². The Morgan fingerprint density at radius 2 is 1.86 bits per heavy atom. The van der Waals surface area contributed by atoms with Crippen LogP contribution in [0.2, 0.25) is 0 Å². The average molecular weight is 434 g/mol. The molecule has 0 radical (unpaired) electrons. The lowest BCUT2D eigenvalue weighted by atomic mass is 10.1. The number of carbonyl (C=O) groups excluding carboxylic acids is 2. The van der Waals surface area contributed by atoms with Crippen LogP contribution in [-0.4, -0.2) is 44.2 Å². The number of nitrogens with one attached hydrogen (secondary N) is 1. The lowest BCUT2D eigenvalue weighted by Crippen LogP contribution is -2.29. The summed E-state index contributed by atoms with van der Waals surface area (Å²) in [5.41, 5.74) is 2.30. The highest BCUT2D eigenvalue weighted by atomic mass is 32.2. The third-order valence-corrected chi connectivity index (χ3v) is 8.32. The molecule has 29 heavy (non-hydrogen) atoms. The normalized spacial score (nSPS) is 17.8. The first-order valence-electron chi connectivity index (χ1n) is 9.68. The highest BCUT2D eigenvalue weighted by Gasteiger charge is 2.32. The molecule has 1 aromatic carbocycles. The summed E-state index contributed by atoms with van der Waals surface area (Å²) in [6, 6.07) is 6.88. The van der Waals surface area contributed by atoms with Crippen LogP contribution in [0.1, 0.15) is 40.9 Å². The van der Waals surface area contributed by atoms with Gasteiger partial charge < -0.3 is 10.2 Å². The van der Waals surface area contributed by atoms with Gasteiger partial charge in [-0.1, -0.05) is 0 Å². The number of aryl methyl sites for hydroxylation is 1. The molecule has 0 bridgehead atoms. The highest BCUT2D eigenvalue weighted by Crippen LogP contribution is 2.30. The third-order valence-electron chi connectivity index (χ3n) is 5.34. The zero-order valence-corrected chi connectivity index (χ0v) is 17.8. The largest absolute Gasteiger partial charge is 0.321 e. The van der Waals surface area contributed by atoms with Gasteiger partial charge in [0.1, 0.15) is 9.77 Å². The smallest absolute Gasteiger partial charge is 0.267 e. The molecular formula is C20H23N3O4S2. The fourth-order valence-electron chi connectivity index (χ4n) is 3.86. The van der Waals surface area contributed by atoms with Gasteiger partial charge >= 0.3 is 0 Å². The second-order valence-corrected chi connectivity index (χ2v) is 10.2. The van der Waals surface area contributed by atoms with Crippen LogP contribution < -0.4 is 10.2 Å². The van der Waals surface area contributed by atoms with Gasteiger partial charge in [0.25, 0.3) is 5.91 Å². The van der Waals surface area contributed by atoms with E-state index in [9.17, 15) is 18.0 Å². The minimum absolute atomic E-state index is 0.0675. The number of anilines is 2. The summed E-state index contributed by atoms with van der Waals surface area (Å²) in [6.45, 7) is 3.59. The van der Waals surface area contributed by atoms with E-state index in [1.807, 2.05) is 13.0 Å². The predicted octanol–water partition coefficient (Wildman–Crippen LogP) is 3.22. The van der Waals surface area contributed by atoms with Crippen LogP contribution in [-0.2, 0) is 14.8 Å². The van der Waals surface area contributed by atoms with E-state index in [4.69, 9.17) is 0 Å². The zero-order valence-electron chi connectivity index (χ0n) is 16.2. The molecule has 4 rings (SSSR count). The third kappa shape index (κ3) is 3.82. The molecule has 7 nitrogen and oxygen atoms in total. The van der Waals surface area contributed by atoms with Gasteiger partial charge in [0.2, 0.25) is 15.9 Å². The van der Waals surface area contributed by atoms with Gasteiger partial charge in [-0.15, -0.1) is 11.3 Å². The van der Waals surface area contributed by atoms with Gasteiger partial charge in [0.15, 0.2) is 0 Å². The van der Waals surface area contributed by atoms with Gasteiger partial charge in [-0.05, 0) is 61.4 Å². The van der Waals surface area contributed by atoms with E-state index in [2.05, 4.69) is 5.32 Å². The molecule has 1 N–H and O–H groups in total. The lowest BCUT2D eigenvalue weighted by molar-refractivity contribution is -0.117. The topological polar surface area (TPSA) is 86.8 Å². The summed E-state index contributed by atoms with van der Waals surface area (Å²) in [5.74, 6) is -0.331. The van der Waals surface area contributed by atoms with Crippen molar-refractivity contribution >= 4 is 44.5 Å². The monoisotopic (exact) mass is 433 g/mol. The van der Waals surface area contributed by atoms with E-state index in [1.165, 1.54) is 10.4 Å². The average Bonchev–Trinajstić information content (AvgIpc) is 3.44. The Hall–Kier alpha value is -2.23. The van der Waals surface area contributed by atoms with Gasteiger partial charge in [-0.3, -0.25) is 9.59 Å². The fraction of sp³-hybridized carbons (Fsp3) is 0.400. The van der Waals surface area contributed by atoms with Gasteiger partial charge in [0, 0.05) is 37.4 Å². The number of amides is 2. The highest BCUT2D eigenvalue weighted by molar-refractivity contribution is 7.89. The molecule has 154 valence electrons. The number of carbonyl (C=O) groups is 2. The Bertz CT molecular complexity index is 1060. The maximum absolute atomic E-state index is 12.9. The van der Waals surface area contributed by atoms with Crippen LogP contribution in [0.4, 0.5) is 11.4 Å². The quantitative estimate of drug-likeness (QED) is 0.784. The maximum atomic E-state index is 12.9. The van der Waals surface area contributed by atoms with Crippen LogP contribution in [0.25, 0.3) is 0 Å². The van der Waals surface area contributed by atoms with Crippen molar-refractivity contribution in [2.75, 3.05) is 29.9 Å². The van der Waals surface area contributed by atoms with Crippen molar-refractivity contribution in [1.82, 2.24) is 4.31 Å². The number of hydrogen-bond acceptors (Lipinski definition) is 5. The van der Waals surface area contributed by atoms with Crippen molar-refractivity contribution in [3.05, 3.63) is 40.1 Å². The molecule has 9 heteroatoms. The molecule has 0 atom stereocenters. The summed E-state index contributed by atoms with van der Waals surface area (Å²) >= 11 is 1.12. The second kappa shape index (κ2) is 7.89. The number of thiophene rings is 1. The summed E-state index contributed by atoms with van der Waals surface area (Å²) in [6.07, 6.45) is 3.10. The summed E-state index contributed by atoms with van der Waals surface area (Å²) in [5, 5.41) is 4.43. The minimum atomic E-state index is -3.66. The van der Waals surface area contributed by atoms with Crippen molar-refractivity contribution in [2.24, 2.45) is 0 Å². The SMILES string of the molecule is Cc1cc(NC(=O)c2sccc2S(=O)(=O)N2CCCC2)ccc1N1CCCC1=O.